The zero-order chi connectivity index (χ0) is 18.3. The van der Waals surface area contributed by atoms with Crippen molar-refractivity contribution in [2.45, 2.75) is 71.6 Å². The third-order valence-corrected chi connectivity index (χ3v) is 4.28. The minimum atomic E-state index is -0.374. The van der Waals surface area contributed by atoms with Gasteiger partial charge in [0.15, 0.2) is 0 Å². The number of rotatable bonds is 13. The van der Waals surface area contributed by atoms with E-state index >= 15 is 0 Å². The lowest BCUT2D eigenvalue weighted by Gasteiger charge is -2.07. The second-order valence-electron chi connectivity index (χ2n) is 6.43. The fourth-order valence-corrected chi connectivity index (χ4v) is 2.62. The fraction of sp³-hybridized carbons (Fsp3) is 0.619. The molecule has 0 spiro atoms. The normalized spacial score (nSPS) is 10.5. The molecule has 25 heavy (non-hydrogen) atoms. The molecule has 0 heterocycles. The van der Waals surface area contributed by atoms with Gasteiger partial charge in [0.05, 0.1) is 6.61 Å². The zero-order valence-corrected chi connectivity index (χ0v) is 15.8. The molecule has 1 aromatic carbocycles. The van der Waals surface area contributed by atoms with Crippen LogP contribution in [0.25, 0.3) is 0 Å². The molecule has 140 valence electrons. The van der Waals surface area contributed by atoms with Crippen LogP contribution in [0.4, 0.5) is 0 Å². The molecule has 1 rings (SSSR count). The topological polar surface area (TPSA) is 55.4 Å². The van der Waals surface area contributed by atoms with E-state index < -0.39 is 0 Å². The number of esters is 1. The van der Waals surface area contributed by atoms with Crippen molar-refractivity contribution in [3.63, 3.8) is 0 Å². The van der Waals surface area contributed by atoms with Crippen LogP contribution >= 0.6 is 0 Å². The molecule has 0 unspecified atom stereocenters. The molecule has 0 radical (unpaired) electrons. The number of amides is 1. The van der Waals surface area contributed by atoms with Crippen LogP contribution < -0.4 is 5.32 Å². The van der Waals surface area contributed by atoms with E-state index in [9.17, 15) is 9.59 Å². The summed E-state index contributed by atoms with van der Waals surface area (Å²) >= 11 is 0. The molecule has 0 fully saturated rings. The van der Waals surface area contributed by atoms with Crippen LogP contribution in [0.15, 0.2) is 24.3 Å². The van der Waals surface area contributed by atoms with Gasteiger partial charge in [-0.2, -0.15) is 0 Å². The van der Waals surface area contributed by atoms with Crippen molar-refractivity contribution in [1.29, 1.82) is 0 Å². The van der Waals surface area contributed by atoms with E-state index in [-0.39, 0.29) is 18.4 Å². The second-order valence-corrected chi connectivity index (χ2v) is 6.43. The van der Waals surface area contributed by atoms with Crippen molar-refractivity contribution in [2.24, 2.45) is 0 Å². The smallest absolute Gasteiger partial charge is 0.325 e. The summed E-state index contributed by atoms with van der Waals surface area (Å²) in [6.07, 6.45) is 10.6. The Hall–Kier alpha value is -1.84. The van der Waals surface area contributed by atoms with Gasteiger partial charge >= 0.3 is 5.97 Å². The molecule has 4 nitrogen and oxygen atoms in total. The summed E-state index contributed by atoms with van der Waals surface area (Å²) in [6.45, 7) is 4.65. The molecule has 1 N–H and O–H groups in total. The van der Waals surface area contributed by atoms with Crippen molar-refractivity contribution >= 4 is 11.9 Å². The van der Waals surface area contributed by atoms with Gasteiger partial charge in [-0.05, 0) is 30.5 Å². The number of nitrogens with one attached hydrogen (secondary N) is 1. The lowest BCUT2D eigenvalue weighted by molar-refractivity contribution is -0.142. The Balaban J connectivity index is 2.05. The van der Waals surface area contributed by atoms with Crippen molar-refractivity contribution < 1.29 is 14.3 Å². The first kappa shape index (κ1) is 21.2. The van der Waals surface area contributed by atoms with E-state index in [1.54, 1.807) is 12.1 Å². The number of ether oxygens (including phenoxy) is 1. The van der Waals surface area contributed by atoms with Gasteiger partial charge in [0.2, 0.25) is 0 Å². The number of aryl methyl sites for hydroxylation is 1. The van der Waals surface area contributed by atoms with Gasteiger partial charge in [-0.25, -0.2) is 0 Å². The fourth-order valence-electron chi connectivity index (χ4n) is 2.62. The third-order valence-electron chi connectivity index (χ3n) is 4.28. The van der Waals surface area contributed by atoms with E-state index in [1.165, 1.54) is 44.1 Å². The van der Waals surface area contributed by atoms with Crippen LogP contribution in [0.2, 0.25) is 0 Å². The standard InChI is InChI=1S/C21H33NO3/c1-3-5-6-7-8-9-10-11-16-25-20(23)17-22-21(24)19-14-12-18(4-2)13-15-19/h12-15H,3-11,16-17H2,1-2H3,(H,22,24). The highest BCUT2D eigenvalue weighted by Crippen LogP contribution is 2.08. The maximum atomic E-state index is 12.0. The quantitative estimate of drug-likeness (QED) is 0.417. The van der Waals surface area contributed by atoms with Gasteiger partial charge in [0.25, 0.3) is 5.91 Å². The number of hydrogen-bond donors (Lipinski definition) is 1. The number of unbranched alkanes of at least 4 members (excludes halogenated alkanes) is 7. The lowest BCUT2D eigenvalue weighted by atomic mass is 10.1. The van der Waals surface area contributed by atoms with E-state index in [1.807, 2.05) is 12.1 Å². The Morgan fingerprint density at radius 1 is 0.880 bits per heavy atom. The van der Waals surface area contributed by atoms with E-state index in [0.29, 0.717) is 12.2 Å². The van der Waals surface area contributed by atoms with Crippen LogP contribution in [0.5, 0.6) is 0 Å². The molecular formula is C21H33NO3. The Labute approximate surface area is 152 Å². The molecule has 4 heteroatoms. The molecule has 0 saturated heterocycles. The molecule has 0 saturated carbocycles. The minimum absolute atomic E-state index is 0.0780. The van der Waals surface area contributed by atoms with Crippen LogP contribution in [0.1, 0.15) is 81.1 Å². The number of carbonyl (C=O) groups is 2. The second kappa shape index (κ2) is 13.5. The average Bonchev–Trinajstić information content (AvgIpc) is 2.64. The Bertz CT molecular complexity index is 496. The molecule has 0 aromatic heterocycles. The summed E-state index contributed by atoms with van der Waals surface area (Å²) in [5.74, 6) is -0.617. The predicted molar refractivity (Wildman–Crippen MR) is 102 cm³/mol. The Kier molecular flexibility index (Phi) is 11.4. The summed E-state index contributed by atoms with van der Waals surface area (Å²) < 4.78 is 5.16. The number of carbonyl (C=O) groups excluding carboxylic acids is 2. The molecule has 1 aromatic rings. The molecule has 0 atom stereocenters. The highest BCUT2D eigenvalue weighted by atomic mass is 16.5. The molecular weight excluding hydrogens is 314 g/mol. The van der Waals surface area contributed by atoms with E-state index in [0.717, 1.165) is 19.3 Å². The largest absolute Gasteiger partial charge is 0.464 e. The van der Waals surface area contributed by atoms with E-state index in [4.69, 9.17) is 4.74 Å². The van der Waals surface area contributed by atoms with Crippen LogP contribution in [-0.4, -0.2) is 25.0 Å². The maximum absolute atomic E-state index is 12.0. The van der Waals surface area contributed by atoms with Crippen LogP contribution in [-0.2, 0) is 16.0 Å². The third kappa shape index (κ3) is 9.90. The highest BCUT2D eigenvalue weighted by molar-refractivity contribution is 5.95. The van der Waals surface area contributed by atoms with Gasteiger partial charge in [-0.15, -0.1) is 0 Å². The van der Waals surface area contributed by atoms with Gasteiger partial charge < -0.3 is 10.1 Å². The lowest BCUT2D eigenvalue weighted by Crippen LogP contribution is -2.30. The maximum Gasteiger partial charge on any atom is 0.325 e. The Morgan fingerprint density at radius 3 is 2.08 bits per heavy atom. The van der Waals surface area contributed by atoms with Crippen molar-refractivity contribution in [3.05, 3.63) is 35.4 Å². The van der Waals surface area contributed by atoms with Crippen molar-refractivity contribution in [2.75, 3.05) is 13.2 Å². The van der Waals surface area contributed by atoms with Crippen molar-refractivity contribution in [3.8, 4) is 0 Å². The molecule has 0 bridgehead atoms. The molecule has 0 aliphatic rings. The number of benzene rings is 1. The van der Waals surface area contributed by atoms with Crippen molar-refractivity contribution in [1.82, 2.24) is 5.32 Å². The van der Waals surface area contributed by atoms with Gasteiger partial charge in [0, 0.05) is 5.56 Å². The monoisotopic (exact) mass is 347 g/mol. The molecule has 0 aliphatic carbocycles. The van der Waals surface area contributed by atoms with Crippen LogP contribution in [0, 0.1) is 0 Å². The first-order chi connectivity index (χ1) is 12.2. The first-order valence-electron chi connectivity index (χ1n) is 9.70. The van der Waals surface area contributed by atoms with Gasteiger partial charge in [-0.3, -0.25) is 9.59 Å². The zero-order valence-electron chi connectivity index (χ0n) is 15.8. The summed E-state index contributed by atoms with van der Waals surface area (Å²) in [4.78, 5) is 23.6. The van der Waals surface area contributed by atoms with Gasteiger partial charge in [-0.1, -0.05) is 70.9 Å². The van der Waals surface area contributed by atoms with Gasteiger partial charge in [0.1, 0.15) is 6.54 Å². The summed E-state index contributed by atoms with van der Waals surface area (Å²) in [5, 5.41) is 2.60. The predicted octanol–water partition coefficient (Wildman–Crippen LogP) is 4.66. The summed E-state index contributed by atoms with van der Waals surface area (Å²) in [5.41, 5.74) is 1.74. The summed E-state index contributed by atoms with van der Waals surface area (Å²) in [7, 11) is 0. The van der Waals surface area contributed by atoms with E-state index in [2.05, 4.69) is 19.2 Å². The Morgan fingerprint density at radius 2 is 1.48 bits per heavy atom. The minimum Gasteiger partial charge on any atom is -0.464 e. The summed E-state index contributed by atoms with van der Waals surface area (Å²) in [6, 6.07) is 7.41. The highest BCUT2D eigenvalue weighted by Gasteiger charge is 2.08. The SMILES string of the molecule is CCCCCCCCCCOC(=O)CNC(=O)c1ccc(CC)cc1. The van der Waals surface area contributed by atoms with Crippen LogP contribution in [0.3, 0.4) is 0 Å². The average molecular weight is 347 g/mol. The molecule has 1 amide bonds. The first-order valence-corrected chi connectivity index (χ1v) is 9.70. The molecule has 0 aliphatic heterocycles. The number of hydrogen-bond acceptors (Lipinski definition) is 3.